The largest absolute Gasteiger partial charge is 0.340 e. The number of para-hydroxylation sites is 1. The average Bonchev–Trinajstić information content (AvgIpc) is 2.65. The number of anilines is 1. The summed E-state index contributed by atoms with van der Waals surface area (Å²) < 4.78 is 0. The number of hydrogen-bond acceptors (Lipinski definition) is 4. The third-order valence-corrected chi connectivity index (χ3v) is 5.28. The van der Waals surface area contributed by atoms with Crippen LogP contribution in [-0.2, 0) is 9.59 Å². The monoisotopic (exact) mass is 418 g/mol. The van der Waals surface area contributed by atoms with Crippen molar-refractivity contribution < 1.29 is 9.59 Å². The molecule has 2 rings (SSSR count). The van der Waals surface area contributed by atoms with Crippen molar-refractivity contribution in [3.05, 3.63) is 30.3 Å². The van der Waals surface area contributed by atoms with Crippen LogP contribution in [0.15, 0.2) is 30.3 Å². The molecule has 1 aliphatic rings. The van der Waals surface area contributed by atoms with Crippen LogP contribution in [0.2, 0.25) is 0 Å². The number of halogens is 2. The molecular formula is C19H32Cl2N4O2. The standard InChI is InChI=1S/C19H30N4O2.2ClH/c1-3-19(4-2,15-20)18(25)23-12-10-22(11-13-23)14-17(24)21-16-8-6-5-7-9-16;;/h5-9H,3-4,10-15,20H2,1-2H3,(H,21,24);2*1H. The Labute approximate surface area is 174 Å². The van der Waals surface area contributed by atoms with Crippen molar-refractivity contribution in [3.8, 4) is 0 Å². The number of nitrogens with two attached hydrogens (primary N) is 1. The molecule has 1 aromatic rings. The first-order chi connectivity index (χ1) is 12.0. The van der Waals surface area contributed by atoms with E-state index in [1.807, 2.05) is 49.1 Å². The highest BCUT2D eigenvalue weighted by Crippen LogP contribution is 2.28. The summed E-state index contributed by atoms with van der Waals surface area (Å²) in [7, 11) is 0. The van der Waals surface area contributed by atoms with E-state index in [0.29, 0.717) is 39.3 Å². The van der Waals surface area contributed by atoms with Gasteiger partial charge in [-0.1, -0.05) is 32.0 Å². The second-order valence-electron chi connectivity index (χ2n) is 6.67. The molecule has 154 valence electrons. The van der Waals surface area contributed by atoms with E-state index in [4.69, 9.17) is 5.73 Å². The zero-order chi connectivity index (χ0) is 18.3. The maximum Gasteiger partial charge on any atom is 0.238 e. The highest BCUT2D eigenvalue weighted by Gasteiger charge is 2.37. The van der Waals surface area contributed by atoms with Crippen molar-refractivity contribution in [2.75, 3.05) is 44.6 Å². The molecule has 0 bridgehead atoms. The van der Waals surface area contributed by atoms with E-state index in [0.717, 1.165) is 18.5 Å². The van der Waals surface area contributed by atoms with Gasteiger partial charge in [0.1, 0.15) is 0 Å². The van der Waals surface area contributed by atoms with Crippen molar-refractivity contribution in [3.63, 3.8) is 0 Å². The van der Waals surface area contributed by atoms with E-state index in [-0.39, 0.29) is 36.6 Å². The number of carbonyl (C=O) groups is 2. The van der Waals surface area contributed by atoms with Crippen molar-refractivity contribution in [1.82, 2.24) is 9.80 Å². The lowest BCUT2D eigenvalue weighted by Gasteiger charge is -2.40. The van der Waals surface area contributed by atoms with Gasteiger partial charge in [-0.05, 0) is 25.0 Å². The average molecular weight is 419 g/mol. The van der Waals surface area contributed by atoms with Crippen LogP contribution in [0.5, 0.6) is 0 Å². The number of benzene rings is 1. The summed E-state index contributed by atoms with van der Waals surface area (Å²) in [5.41, 5.74) is 6.26. The first kappa shape index (κ1) is 25.7. The fraction of sp³-hybridized carbons (Fsp3) is 0.579. The number of hydrogen-bond donors (Lipinski definition) is 2. The Morgan fingerprint density at radius 3 is 2.07 bits per heavy atom. The van der Waals surface area contributed by atoms with Gasteiger partial charge in [0, 0.05) is 38.4 Å². The third-order valence-electron chi connectivity index (χ3n) is 5.28. The summed E-state index contributed by atoms with van der Waals surface area (Å²) in [4.78, 5) is 29.0. The lowest BCUT2D eigenvalue weighted by Crippen LogP contribution is -2.55. The topological polar surface area (TPSA) is 78.7 Å². The zero-order valence-electron chi connectivity index (χ0n) is 16.1. The minimum absolute atomic E-state index is 0. The van der Waals surface area contributed by atoms with E-state index in [2.05, 4.69) is 10.2 Å². The van der Waals surface area contributed by atoms with Crippen LogP contribution in [0.1, 0.15) is 26.7 Å². The summed E-state index contributed by atoms with van der Waals surface area (Å²) in [5.74, 6) is 0.137. The lowest BCUT2D eigenvalue weighted by molar-refractivity contribution is -0.144. The van der Waals surface area contributed by atoms with Crippen LogP contribution < -0.4 is 11.1 Å². The number of amides is 2. The highest BCUT2D eigenvalue weighted by atomic mass is 35.5. The Balaban J connectivity index is 0.00000338. The number of nitrogens with zero attached hydrogens (tertiary/aromatic N) is 2. The molecule has 3 N–H and O–H groups in total. The molecule has 0 aliphatic carbocycles. The minimum Gasteiger partial charge on any atom is -0.340 e. The van der Waals surface area contributed by atoms with Crippen LogP contribution in [0, 0.1) is 5.41 Å². The van der Waals surface area contributed by atoms with Gasteiger partial charge in [0.2, 0.25) is 11.8 Å². The van der Waals surface area contributed by atoms with E-state index < -0.39 is 5.41 Å². The molecule has 6 nitrogen and oxygen atoms in total. The van der Waals surface area contributed by atoms with Crippen molar-refractivity contribution >= 4 is 42.3 Å². The fourth-order valence-electron chi connectivity index (χ4n) is 3.30. The maximum absolute atomic E-state index is 12.8. The van der Waals surface area contributed by atoms with Gasteiger partial charge in [-0.15, -0.1) is 24.8 Å². The lowest BCUT2D eigenvalue weighted by atomic mass is 9.81. The normalized spacial score (nSPS) is 14.7. The molecule has 2 amide bonds. The molecule has 0 radical (unpaired) electrons. The van der Waals surface area contributed by atoms with Gasteiger partial charge in [0.05, 0.1) is 12.0 Å². The molecule has 1 heterocycles. The van der Waals surface area contributed by atoms with Crippen LogP contribution in [0.3, 0.4) is 0 Å². The number of rotatable bonds is 7. The molecule has 1 saturated heterocycles. The molecule has 0 spiro atoms. The summed E-state index contributed by atoms with van der Waals surface area (Å²) in [6, 6.07) is 9.45. The van der Waals surface area contributed by atoms with E-state index in [1.54, 1.807) is 0 Å². The van der Waals surface area contributed by atoms with Gasteiger partial charge in [-0.25, -0.2) is 0 Å². The second-order valence-corrected chi connectivity index (χ2v) is 6.67. The van der Waals surface area contributed by atoms with E-state index >= 15 is 0 Å². The number of piperazine rings is 1. The second kappa shape index (κ2) is 12.2. The van der Waals surface area contributed by atoms with Gasteiger partial charge in [0.25, 0.3) is 0 Å². The molecule has 8 heteroatoms. The summed E-state index contributed by atoms with van der Waals surface area (Å²) in [6.45, 7) is 7.51. The molecule has 0 aromatic heterocycles. The van der Waals surface area contributed by atoms with Gasteiger partial charge < -0.3 is 16.0 Å². The molecule has 0 atom stereocenters. The first-order valence-corrected chi connectivity index (χ1v) is 9.11. The molecule has 0 unspecified atom stereocenters. The Hall–Kier alpha value is -1.34. The maximum atomic E-state index is 12.8. The Morgan fingerprint density at radius 2 is 1.59 bits per heavy atom. The predicted molar refractivity (Wildman–Crippen MR) is 115 cm³/mol. The first-order valence-electron chi connectivity index (χ1n) is 9.11. The Bertz CT molecular complexity index is 566. The summed E-state index contributed by atoms with van der Waals surface area (Å²) >= 11 is 0. The van der Waals surface area contributed by atoms with Crippen LogP contribution in [0.25, 0.3) is 0 Å². The van der Waals surface area contributed by atoms with E-state index in [1.165, 1.54) is 0 Å². The third kappa shape index (κ3) is 6.64. The number of carbonyl (C=O) groups excluding carboxylic acids is 2. The smallest absolute Gasteiger partial charge is 0.238 e. The van der Waals surface area contributed by atoms with Gasteiger partial charge in [-0.2, -0.15) is 0 Å². The molecule has 0 saturated carbocycles. The van der Waals surface area contributed by atoms with Gasteiger partial charge >= 0.3 is 0 Å². The Kier molecular flexibility index (Phi) is 11.6. The fourth-order valence-corrected chi connectivity index (χ4v) is 3.30. The quantitative estimate of drug-likeness (QED) is 0.712. The van der Waals surface area contributed by atoms with Crippen molar-refractivity contribution in [2.24, 2.45) is 11.1 Å². The minimum atomic E-state index is -0.438. The Morgan fingerprint density at radius 1 is 1.04 bits per heavy atom. The molecule has 1 aliphatic heterocycles. The van der Waals surface area contributed by atoms with Crippen LogP contribution >= 0.6 is 24.8 Å². The zero-order valence-corrected chi connectivity index (χ0v) is 17.8. The van der Waals surface area contributed by atoms with E-state index in [9.17, 15) is 9.59 Å². The molecule has 1 fully saturated rings. The number of nitrogens with one attached hydrogen (secondary N) is 1. The molecular weight excluding hydrogens is 387 g/mol. The van der Waals surface area contributed by atoms with Gasteiger partial charge in [-0.3, -0.25) is 14.5 Å². The molecule has 1 aromatic carbocycles. The molecule has 27 heavy (non-hydrogen) atoms. The highest BCUT2D eigenvalue weighted by molar-refractivity contribution is 5.92. The van der Waals surface area contributed by atoms with Crippen LogP contribution in [0.4, 0.5) is 5.69 Å². The predicted octanol–water partition coefficient (Wildman–Crippen LogP) is 2.38. The summed E-state index contributed by atoms with van der Waals surface area (Å²) in [5, 5.41) is 2.90. The SMILES string of the molecule is CCC(CC)(CN)C(=O)N1CCN(CC(=O)Nc2ccccc2)CC1.Cl.Cl. The van der Waals surface area contributed by atoms with Crippen molar-refractivity contribution in [2.45, 2.75) is 26.7 Å². The van der Waals surface area contributed by atoms with Crippen LogP contribution in [-0.4, -0.2) is 60.9 Å². The summed E-state index contributed by atoms with van der Waals surface area (Å²) in [6.07, 6.45) is 1.52. The van der Waals surface area contributed by atoms with Crippen molar-refractivity contribution in [1.29, 1.82) is 0 Å². The van der Waals surface area contributed by atoms with Gasteiger partial charge in [0.15, 0.2) is 0 Å².